The number of rotatable bonds is 7. The molecule has 1 aromatic carbocycles. The molecule has 2 heteroatoms. The predicted octanol–water partition coefficient (Wildman–Crippen LogP) is 8.67. The molecule has 0 aliphatic heterocycles. The topological polar surface area (TPSA) is 40.5 Å². The zero-order valence-electron chi connectivity index (χ0n) is 24.7. The van der Waals surface area contributed by atoms with Crippen LogP contribution in [0.15, 0.2) is 41.5 Å². The number of hydrogen-bond acceptors (Lipinski definition) is 2. The van der Waals surface area contributed by atoms with Crippen LogP contribution in [0.3, 0.4) is 0 Å². The molecule has 0 saturated heterocycles. The van der Waals surface area contributed by atoms with E-state index in [1.807, 2.05) is 23.8 Å². The second-order valence-corrected chi connectivity index (χ2v) is 14.9. The molecule has 4 aliphatic carbocycles. The fourth-order valence-corrected chi connectivity index (χ4v) is 10.5. The third kappa shape index (κ3) is 4.10. The van der Waals surface area contributed by atoms with Crippen LogP contribution >= 0.6 is 0 Å². The lowest BCUT2D eigenvalue weighted by atomic mass is 9.42. The van der Waals surface area contributed by atoms with Gasteiger partial charge in [0, 0.05) is 5.41 Å². The van der Waals surface area contributed by atoms with E-state index in [0.29, 0.717) is 11.3 Å². The summed E-state index contributed by atoms with van der Waals surface area (Å²) in [6.45, 7) is 14.7. The molecule has 2 nitrogen and oxygen atoms in total. The van der Waals surface area contributed by atoms with Gasteiger partial charge in [-0.3, -0.25) is 0 Å². The van der Waals surface area contributed by atoms with Gasteiger partial charge < -0.3 is 10.2 Å². The van der Waals surface area contributed by atoms with Gasteiger partial charge in [-0.25, -0.2) is 0 Å². The fraction of sp³-hybridized carbons (Fsp3) is 0.771. The SMILES string of the molecule is CC(C)CCC[C@@H](C)[C@H]1CC[C@H]2C3=C(CC[C@]12C)[C@@]1(C)CC[C@@](O)(c2ccccc2)C(C)(CO)C1CC3. The number of benzene rings is 1. The summed E-state index contributed by atoms with van der Waals surface area (Å²) >= 11 is 0. The molecule has 1 aromatic rings. The van der Waals surface area contributed by atoms with Gasteiger partial charge in [-0.05, 0) is 97.3 Å². The highest BCUT2D eigenvalue weighted by atomic mass is 16.3. The zero-order chi connectivity index (χ0) is 26.6. The normalized spacial score (nSPS) is 42.4. The molecule has 0 heterocycles. The van der Waals surface area contributed by atoms with Crippen molar-refractivity contribution in [2.24, 2.45) is 45.8 Å². The van der Waals surface area contributed by atoms with Gasteiger partial charge in [-0.2, -0.15) is 0 Å². The molecule has 2 saturated carbocycles. The first-order valence-corrected chi connectivity index (χ1v) is 15.6. The molecular weight excluding hydrogens is 452 g/mol. The van der Waals surface area contributed by atoms with Crippen molar-refractivity contribution < 1.29 is 10.2 Å². The van der Waals surface area contributed by atoms with Crippen LogP contribution in [0.25, 0.3) is 0 Å². The Morgan fingerprint density at radius 1 is 0.892 bits per heavy atom. The second kappa shape index (κ2) is 9.81. The molecule has 8 atom stereocenters. The Kier molecular flexibility index (Phi) is 7.28. The molecule has 2 unspecified atom stereocenters. The Bertz CT molecular complexity index is 996. The molecule has 0 spiro atoms. The Hall–Kier alpha value is -1.12. The third-order valence-electron chi connectivity index (χ3n) is 12.7. The summed E-state index contributed by atoms with van der Waals surface area (Å²) in [7, 11) is 0. The van der Waals surface area contributed by atoms with Gasteiger partial charge in [0.2, 0.25) is 0 Å². The highest BCUT2D eigenvalue weighted by molar-refractivity contribution is 5.38. The first-order chi connectivity index (χ1) is 17.5. The summed E-state index contributed by atoms with van der Waals surface area (Å²) in [4.78, 5) is 0. The monoisotopic (exact) mass is 506 g/mol. The van der Waals surface area contributed by atoms with Crippen molar-refractivity contribution in [2.75, 3.05) is 6.61 Å². The van der Waals surface area contributed by atoms with Crippen LogP contribution in [0.2, 0.25) is 0 Å². The molecule has 0 radical (unpaired) electrons. The van der Waals surface area contributed by atoms with Gasteiger partial charge in [0.05, 0.1) is 12.2 Å². The Morgan fingerprint density at radius 2 is 1.62 bits per heavy atom. The minimum Gasteiger partial charge on any atom is -0.396 e. The molecule has 37 heavy (non-hydrogen) atoms. The summed E-state index contributed by atoms with van der Waals surface area (Å²) in [6, 6.07) is 10.2. The van der Waals surface area contributed by atoms with Crippen LogP contribution in [-0.2, 0) is 5.60 Å². The maximum absolute atomic E-state index is 12.2. The van der Waals surface area contributed by atoms with E-state index in [9.17, 15) is 10.2 Å². The average molecular weight is 507 g/mol. The summed E-state index contributed by atoms with van der Waals surface area (Å²) in [5, 5.41) is 23.1. The fourth-order valence-electron chi connectivity index (χ4n) is 10.5. The van der Waals surface area contributed by atoms with Gasteiger partial charge in [0.1, 0.15) is 0 Å². The Morgan fingerprint density at radius 3 is 2.30 bits per heavy atom. The number of fused-ring (bicyclic) bond motifs is 4. The third-order valence-corrected chi connectivity index (χ3v) is 12.7. The first-order valence-electron chi connectivity index (χ1n) is 15.6. The van der Waals surface area contributed by atoms with Crippen LogP contribution in [0.4, 0.5) is 0 Å². The lowest BCUT2D eigenvalue weighted by Crippen LogP contribution is -2.61. The van der Waals surface area contributed by atoms with Crippen molar-refractivity contribution in [1.82, 2.24) is 0 Å². The van der Waals surface area contributed by atoms with Gasteiger partial charge in [0.15, 0.2) is 0 Å². The zero-order valence-corrected chi connectivity index (χ0v) is 24.7. The van der Waals surface area contributed by atoms with Gasteiger partial charge >= 0.3 is 0 Å². The Labute approximate surface area is 227 Å². The number of hydrogen-bond donors (Lipinski definition) is 2. The second-order valence-electron chi connectivity index (χ2n) is 14.9. The van der Waals surface area contributed by atoms with Crippen LogP contribution in [0, 0.1) is 45.8 Å². The van der Waals surface area contributed by atoms with E-state index < -0.39 is 11.0 Å². The van der Waals surface area contributed by atoms with Crippen molar-refractivity contribution >= 4 is 0 Å². The molecular formula is C35H54O2. The van der Waals surface area contributed by atoms with Crippen LogP contribution in [-0.4, -0.2) is 16.8 Å². The summed E-state index contributed by atoms with van der Waals surface area (Å²) in [5.41, 5.74) is 3.58. The van der Waals surface area contributed by atoms with E-state index in [2.05, 4.69) is 53.7 Å². The van der Waals surface area contributed by atoms with E-state index in [1.54, 1.807) is 5.57 Å². The number of allylic oxidation sites excluding steroid dienone is 2. The molecule has 4 aliphatic rings. The van der Waals surface area contributed by atoms with Crippen molar-refractivity contribution in [3.8, 4) is 0 Å². The minimum absolute atomic E-state index is 0.0401. The van der Waals surface area contributed by atoms with E-state index in [-0.39, 0.29) is 12.0 Å². The van der Waals surface area contributed by atoms with E-state index >= 15 is 0 Å². The van der Waals surface area contributed by atoms with E-state index in [4.69, 9.17) is 0 Å². The van der Waals surface area contributed by atoms with Gasteiger partial charge in [-0.15, -0.1) is 0 Å². The average Bonchev–Trinajstić information content (AvgIpc) is 3.24. The standard InChI is InChI=1S/C35H54O2/c1-24(2)11-10-12-25(3)28-16-17-29-27-15-18-31-33(5,30(27)19-20-32(28,29)4)21-22-35(37,34(31,6)23-36)26-13-8-7-9-14-26/h7-9,13-14,24-25,28-29,31,36-37H,10-12,15-23H2,1-6H3/t25-,28-,29+,31?,32-,33-,34?,35-/m1/s1. The lowest BCUT2D eigenvalue weighted by molar-refractivity contribution is -0.199. The molecule has 0 amide bonds. The maximum Gasteiger partial charge on any atom is 0.0975 e. The van der Waals surface area contributed by atoms with Crippen molar-refractivity contribution in [2.45, 2.75) is 118 Å². The number of aliphatic hydroxyl groups is 2. The molecule has 5 rings (SSSR count). The lowest BCUT2D eigenvalue weighted by Gasteiger charge is -2.63. The van der Waals surface area contributed by atoms with Crippen molar-refractivity contribution in [3.63, 3.8) is 0 Å². The van der Waals surface area contributed by atoms with E-state index in [0.717, 1.165) is 48.5 Å². The summed E-state index contributed by atoms with van der Waals surface area (Å²) < 4.78 is 0. The van der Waals surface area contributed by atoms with Gasteiger partial charge in [-0.1, -0.05) is 102 Å². The van der Waals surface area contributed by atoms with Crippen LogP contribution in [0.1, 0.15) is 118 Å². The first kappa shape index (κ1) is 27.4. The largest absolute Gasteiger partial charge is 0.396 e. The summed E-state index contributed by atoms with van der Waals surface area (Å²) in [6.07, 6.45) is 13.5. The highest BCUT2D eigenvalue weighted by Gasteiger charge is 2.64. The van der Waals surface area contributed by atoms with Gasteiger partial charge in [0.25, 0.3) is 0 Å². The smallest absolute Gasteiger partial charge is 0.0975 e. The quantitative estimate of drug-likeness (QED) is 0.363. The number of aliphatic hydroxyl groups excluding tert-OH is 1. The highest BCUT2D eigenvalue weighted by Crippen LogP contribution is 2.70. The molecule has 206 valence electrons. The molecule has 0 aromatic heterocycles. The van der Waals surface area contributed by atoms with E-state index in [1.165, 1.54) is 51.4 Å². The minimum atomic E-state index is -0.974. The van der Waals surface area contributed by atoms with Crippen molar-refractivity contribution in [3.05, 3.63) is 47.0 Å². The maximum atomic E-state index is 12.2. The molecule has 2 fully saturated rings. The summed E-state index contributed by atoms with van der Waals surface area (Å²) in [5.74, 6) is 3.57. The molecule has 0 bridgehead atoms. The van der Waals surface area contributed by atoms with Crippen molar-refractivity contribution in [1.29, 1.82) is 0 Å². The predicted molar refractivity (Wildman–Crippen MR) is 154 cm³/mol. The van der Waals surface area contributed by atoms with Crippen LogP contribution < -0.4 is 0 Å². The molecule has 2 N–H and O–H groups in total. The van der Waals surface area contributed by atoms with Crippen LogP contribution in [0.5, 0.6) is 0 Å². The Balaban J connectivity index is 1.43.